The third-order valence-corrected chi connectivity index (χ3v) is 9.51. The van der Waals surface area contributed by atoms with E-state index in [4.69, 9.17) is 0 Å². The molecule has 1 aliphatic heterocycles. The summed E-state index contributed by atoms with van der Waals surface area (Å²) >= 11 is 0. The Bertz CT molecular complexity index is 1410. The summed E-state index contributed by atoms with van der Waals surface area (Å²) in [6, 6.07) is 21.0. The SMILES string of the molecule is CCCCCNC(=O)[C@@H](c1ccccc1)N(Cc1ccc(F)cc1)C(=O)CCc1ccc(S(=O)(=O)N2CCCC2)cc1. The van der Waals surface area contributed by atoms with Crippen LogP contribution in [0.25, 0.3) is 0 Å². The zero-order valence-electron chi connectivity index (χ0n) is 24.2. The molecule has 0 radical (unpaired) electrons. The maximum Gasteiger partial charge on any atom is 0.247 e. The molecule has 0 aliphatic carbocycles. The molecule has 1 fully saturated rings. The van der Waals surface area contributed by atoms with Crippen LogP contribution in [0.15, 0.2) is 83.8 Å². The molecule has 0 saturated carbocycles. The summed E-state index contributed by atoms with van der Waals surface area (Å²) in [4.78, 5) is 29.2. The van der Waals surface area contributed by atoms with Gasteiger partial charge in [-0.1, -0.05) is 74.4 Å². The number of aryl methyl sites for hydroxylation is 1. The number of carbonyl (C=O) groups is 2. The first-order valence-corrected chi connectivity index (χ1v) is 16.2. The molecule has 4 rings (SSSR count). The average Bonchev–Trinajstić information content (AvgIpc) is 3.56. The topological polar surface area (TPSA) is 86.8 Å². The van der Waals surface area contributed by atoms with E-state index in [1.165, 1.54) is 16.4 Å². The van der Waals surface area contributed by atoms with Crippen molar-refractivity contribution in [3.05, 3.63) is 101 Å². The number of amides is 2. The van der Waals surface area contributed by atoms with Crippen molar-refractivity contribution < 1.29 is 22.4 Å². The van der Waals surface area contributed by atoms with Gasteiger partial charge in [-0.3, -0.25) is 9.59 Å². The number of rotatable bonds is 14. The fourth-order valence-corrected chi connectivity index (χ4v) is 6.72. The lowest BCUT2D eigenvalue weighted by atomic mass is 10.0. The summed E-state index contributed by atoms with van der Waals surface area (Å²) < 4.78 is 40.9. The van der Waals surface area contributed by atoms with Crippen molar-refractivity contribution in [2.45, 2.75) is 69.4 Å². The molecule has 7 nitrogen and oxygen atoms in total. The highest BCUT2D eigenvalue weighted by Crippen LogP contribution is 2.26. The van der Waals surface area contributed by atoms with E-state index in [0.717, 1.165) is 37.7 Å². The van der Waals surface area contributed by atoms with Crippen LogP contribution < -0.4 is 5.32 Å². The van der Waals surface area contributed by atoms with Crippen molar-refractivity contribution in [2.24, 2.45) is 0 Å². The quantitative estimate of drug-likeness (QED) is 0.246. The largest absolute Gasteiger partial charge is 0.354 e. The van der Waals surface area contributed by atoms with E-state index in [1.54, 1.807) is 41.3 Å². The first kappa shape index (κ1) is 31.4. The van der Waals surface area contributed by atoms with Crippen LogP contribution in [0.2, 0.25) is 0 Å². The van der Waals surface area contributed by atoms with Crippen LogP contribution in [0.3, 0.4) is 0 Å². The van der Waals surface area contributed by atoms with Gasteiger partial charge in [-0.2, -0.15) is 4.31 Å². The highest BCUT2D eigenvalue weighted by atomic mass is 32.2. The number of halogens is 1. The van der Waals surface area contributed by atoms with Crippen LogP contribution >= 0.6 is 0 Å². The summed E-state index contributed by atoms with van der Waals surface area (Å²) in [5.41, 5.74) is 2.23. The van der Waals surface area contributed by atoms with Gasteiger partial charge in [0.1, 0.15) is 11.9 Å². The number of hydrogen-bond acceptors (Lipinski definition) is 4. The number of nitrogens with zero attached hydrogens (tertiary/aromatic N) is 2. The van der Waals surface area contributed by atoms with Crippen molar-refractivity contribution in [3.8, 4) is 0 Å². The Morgan fingerprint density at radius 3 is 2.19 bits per heavy atom. The van der Waals surface area contributed by atoms with E-state index in [-0.39, 0.29) is 35.5 Å². The second-order valence-corrected chi connectivity index (χ2v) is 12.7. The van der Waals surface area contributed by atoms with Gasteiger partial charge < -0.3 is 10.2 Å². The molecular formula is C33H40FN3O4S. The Morgan fingerprint density at radius 1 is 0.905 bits per heavy atom. The third-order valence-electron chi connectivity index (χ3n) is 7.60. The second-order valence-electron chi connectivity index (χ2n) is 10.7. The number of nitrogens with one attached hydrogen (secondary N) is 1. The van der Waals surface area contributed by atoms with Crippen molar-refractivity contribution >= 4 is 21.8 Å². The summed E-state index contributed by atoms with van der Waals surface area (Å²) in [5.74, 6) is -0.866. The molecule has 1 aliphatic rings. The van der Waals surface area contributed by atoms with Gasteiger partial charge in [-0.15, -0.1) is 0 Å². The molecule has 3 aromatic carbocycles. The van der Waals surface area contributed by atoms with E-state index in [1.807, 2.05) is 30.3 Å². The van der Waals surface area contributed by atoms with E-state index in [2.05, 4.69) is 12.2 Å². The maximum atomic E-state index is 13.9. The van der Waals surface area contributed by atoms with E-state index < -0.39 is 16.1 Å². The molecule has 3 aromatic rings. The Kier molecular flexibility index (Phi) is 11.3. The number of hydrogen-bond donors (Lipinski definition) is 1. The van der Waals surface area contributed by atoms with Crippen molar-refractivity contribution in [1.82, 2.24) is 14.5 Å². The van der Waals surface area contributed by atoms with Crippen LogP contribution in [0.1, 0.15) is 68.2 Å². The predicted octanol–water partition coefficient (Wildman–Crippen LogP) is 5.62. The van der Waals surface area contributed by atoms with Crippen molar-refractivity contribution in [1.29, 1.82) is 0 Å². The number of unbranched alkanes of at least 4 members (excludes halogenated alkanes) is 2. The number of benzene rings is 3. The predicted molar refractivity (Wildman–Crippen MR) is 161 cm³/mol. The molecule has 224 valence electrons. The minimum atomic E-state index is -3.51. The van der Waals surface area contributed by atoms with E-state index >= 15 is 0 Å². The highest BCUT2D eigenvalue weighted by Gasteiger charge is 2.31. The Balaban J connectivity index is 1.54. The van der Waals surface area contributed by atoms with Gasteiger partial charge in [0.15, 0.2) is 0 Å². The molecule has 0 unspecified atom stereocenters. The Hall–Kier alpha value is -3.56. The zero-order chi connectivity index (χ0) is 30.0. The molecule has 1 saturated heterocycles. The second kappa shape index (κ2) is 15.1. The van der Waals surface area contributed by atoms with Gasteiger partial charge in [0.2, 0.25) is 21.8 Å². The van der Waals surface area contributed by atoms with Crippen LogP contribution in [-0.4, -0.2) is 49.1 Å². The number of sulfonamides is 1. The van der Waals surface area contributed by atoms with Gasteiger partial charge in [-0.25, -0.2) is 12.8 Å². The molecular weight excluding hydrogens is 553 g/mol. The van der Waals surface area contributed by atoms with E-state index in [0.29, 0.717) is 37.2 Å². The van der Waals surface area contributed by atoms with Crippen molar-refractivity contribution in [2.75, 3.05) is 19.6 Å². The fourth-order valence-electron chi connectivity index (χ4n) is 5.20. The van der Waals surface area contributed by atoms with E-state index in [9.17, 15) is 22.4 Å². The smallest absolute Gasteiger partial charge is 0.247 e. The molecule has 1 N–H and O–H groups in total. The first-order chi connectivity index (χ1) is 20.3. The normalized spacial score (nSPS) is 14.4. The molecule has 9 heteroatoms. The summed E-state index contributed by atoms with van der Waals surface area (Å²) in [5, 5.41) is 3.01. The van der Waals surface area contributed by atoms with Crippen LogP contribution in [-0.2, 0) is 32.6 Å². The lowest BCUT2D eigenvalue weighted by Crippen LogP contribution is -2.43. The monoisotopic (exact) mass is 593 g/mol. The minimum absolute atomic E-state index is 0.117. The van der Waals surface area contributed by atoms with Gasteiger partial charge >= 0.3 is 0 Å². The van der Waals surface area contributed by atoms with Crippen LogP contribution in [0.4, 0.5) is 4.39 Å². The van der Waals surface area contributed by atoms with Crippen LogP contribution in [0, 0.1) is 5.82 Å². The summed E-state index contributed by atoms with van der Waals surface area (Å²) in [6.07, 6.45) is 5.10. The van der Waals surface area contributed by atoms with Crippen molar-refractivity contribution in [3.63, 3.8) is 0 Å². The molecule has 0 bridgehead atoms. The first-order valence-electron chi connectivity index (χ1n) is 14.7. The van der Waals surface area contributed by atoms with Gasteiger partial charge in [0.25, 0.3) is 0 Å². The fraction of sp³-hybridized carbons (Fsp3) is 0.394. The molecule has 0 aromatic heterocycles. The lowest BCUT2D eigenvalue weighted by Gasteiger charge is -2.32. The number of carbonyl (C=O) groups excluding carboxylic acids is 2. The van der Waals surface area contributed by atoms with Gasteiger partial charge in [-0.05, 0) is 66.6 Å². The molecule has 2 amide bonds. The van der Waals surface area contributed by atoms with Crippen LogP contribution in [0.5, 0.6) is 0 Å². The van der Waals surface area contributed by atoms with Gasteiger partial charge in [0.05, 0.1) is 4.90 Å². The molecule has 42 heavy (non-hydrogen) atoms. The summed E-state index contributed by atoms with van der Waals surface area (Å²) in [7, 11) is -3.51. The Morgan fingerprint density at radius 2 is 1.55 bits per heavy atom. The standard InChI is InChI=1S/C33H40FN3O4S/c1-2-3-7-22-35-33(39)32(28-10-5-4-6-11-28)37(25-27-12-17-29(34)18-13-27)31(38)21-16-26-14-19-30(20-15-26)42(40,41)36-23-8-9-24-36/h4-6,10-15,17-20,32H,2-3,7-9,16,21-25H2,1H3,(H,35,39)/t32-/m1/s1. The average molecular weight is 594 g/mol. The highest BCUT2D eigenvalue weighted by molar-refractivity contribution is 7.89. The molecule has 1 atom stereocenters. The lowest BCUT2D eigenvalue weighted by molar-refractivity contribution is -0.141. The van der Waals surface area contributed by atoms with Gasteiger partial charge in [0, 0.05) is 32.6 Å². The maximum absolute atomic E-state index is 13.9. The Labute approximate surface area is 248 Å². The zero-order valence-corrected chi connectivity index (χ0v) is 25.0. The minimum Gasteiger partial charge on any atom is -0.354 e. The molecule has 1 heterocycles. The molecule has 0 spiro atoms. The summed E-state index contributed by atoms with van der Waals surface area (Å²) in [6.45, 7) is 3.82. The third kappa shape index (κ3) is 8.26.